The quantitative estimate of drug-likeness (QED) is 0.136. The van der Waals surface area contributed by atoms with Gasteiger partial charge < -0.3 is 4.84 Å². The van der Waals surface area contributed by atoms with E-state index in [2.05, 4.69) is 10.1 Å². The van der Waals surface area contributed by atoms with E-state index in [0.29, 0.717) is 11.1 Å². The maximum Gasteiger partial charge on any atom is 0.435 e. The first kappa shape index (κ1) is 32.8. The number of nitrogens with zero attached hydrogens (tertiary/aromatic N) is 2. The lowest BCUT2D eigenvalue weighted by Crippen LogP contribution is -2.62. The molecule has 2 heterocycles. The number of oxime groups is 1. The van der Waals surface area contributed by atoms with Crippen molar-refractivity contribution in [2.45, 2.75) is 29.8 Å². The minimum atomic E-state index is -4.88. The van der Waals surface area contributed by atoms with Gasteiger partial charge in [-0.3, -0.25) is 9.08 Å². The summed E-state index contributed by atoms with van der Waals surface area (Å²) in [6.45, 7) is 0.487. The van der Waals surface area contributed by atoms with Crippen LogP contribution in [0.15, 0.2) is 102 Å². The molecule has 6 rings (SSSR count). The van der Waals surface area contributed by atoms with Gasteiger partial charge in [-0.2, -0.15) is 21.6 Å². The van der Waals surface area contributed by atoms with Crippen LogP contribution in [-0.2, 0) is 30.3 Å². The van der Waals surface area contributed by atoms with Gasteiger partial charge in [0.05, 0.1) is 33.1 Å². The molecule has 6 nitrogen and oxygen atoms in total. The average Bonchev–Trinajstić information content (AvgIpc) is 3.46. The van der Waals surface area contributed by atoms with Crippen LogP contribution >= 0.6 is 34.8 Å². The van der Waals surface area contributed by atoms with Crippen molar-refractivity contribution in [2.75, 3.05) is 19.3 Å². The number of rotatable bonds is 8. The molecule has 13 heteroatoms. The minimum absolute atomic E-state index is 0.0348. The van der Waals surface area contributed by atoms with E-state index in [-0.39, 0.29) is 45.5 Å². The van der Waals surface area contributed by atoms with Crippen LogP contribution in [0.4, 0.5) is 13.2 Å². The Hall–Kier alpha value is -3.12. The molecule has 2 aliphatic heterocycles. The minimum Gasteiger partial charge on any atom is -0.374 e. The normalized spacial score (nSPS) is 19.9. The molecule has 0 amide bonds. The van der Waals surface area contributed by atoms with Crippen LogP contribution in [0.2, 0.25) is 15.1 Å². The molecule has 0 bridgehead atoms. The van der Waals surface area contributed by atoms with Gasteiger partial charge in [-0.15, -0.1) is 0 Å². The van der Waals surface area contributed by atoms with Gasteiger partial charge in [-0.05, 0) is 34.4 Å². The van der Waals surface area contributed by atoms with Crippen molar-refractivity contribution < 1.29 is 30.6 Å². The van der Waals surface area contributed by atoms with Crippen molar-refractivity contribution in [3.05, 3.63) is 140 Å². The zero-order valence-electron chi connectivity index (χ0n) is 24.1. The number of benzene rings is 4. The standard InChI is InChI=1S/C33H26Cl3F3N2O4S/c1-46(42,43)45-31(19-41(20-31)30(22-8-4-2-5-9-22)23-10-6-3-7-11-23)24-14-12-21(13-15-24)28-18-32(44-40-28,33(37,38)39)25-16-26(34)29(36)27(35)17-25/h2-17,30H,18-20H2,1H3. The molecule has 0 radical (unpaired) electrons. The van der Waals surface area contributed by atoms with Crippen molar-refractivity contribution in [3.63, 3.8) is 0 Å². The molecule has 0 aromatic heterocycles. The predicted molar refractivity (Wildman–Crippen MR) is 172 cm³/mol. The van der Waals surface area contributed by atoms with Gasteiger partial charge in [0, 0.05) is 25.1 Å². The lowest BCUT2D eigenvalue weighted by molar-refractivity contribution is -0.275. The molecule has 240 valence electrons. The monoisotopic (exact) mass is 708 g/mol. The van der Waals surface area contributed by atoms with Crippen LogP contribution in [0.25, 0.3) is 0 Å². The lowest BCUT2D eigenvalue weighted by atomic mass is 9.81. The SMILES string of the molecule is CS(=O)(=O)OC1(c2ccc(C3=NOC(c4cc(Cl)c(Cl)c(Cl)c4)(C(F)(F)F)C3)cc2)CN(C(c2ccccc2)c2ccccc2)C1. The van der Waals surface area contributed by atoms with Gasteiger partial charge in [-0.1, -0.05) is 125 Å². The summed E-state index contributed by atoms with van der Waals surface area (Å²) in [5.41, 5.74) is -1.37. The molecule has 4 aromatic rings. The highest BCUT2D eigenvalue weighted by molar-refractivity contribution is 7.86. The van der Waals surface area contributed by atoms with Crippen LogP contribution in [0.3, 0.4) is 0 Å². The first-order valence-electron chi connectivity index (χ1n) is 14.0. The molecule has 0 spiro atoms. The molecule has 1 saturated heterocycles. The summed E-state index contributed by atoms with van der Waals surface area (Å²) in [6.07, 6.45) is -4.54. The highest BCUT2D eigenvalue weighted by Gasteiger charge is 2.62. The van der Waals surface area contributed by atoms with Crippen molar-refractivity contribution >= 4 is 50.6 Å². The van der Waals surface area contributed by atoms with Crippen molar-refractivity contribution in [2.24, 2.45) is 5.16 Å². The van der Waals surface area contributed by atoms with Gasteiger partial charge in [0.25, 0.3) is 15.7 Å². The maximum atomic E-state index is 14.5. The maximum absolute atomic E-state index is 14.5. The van der Waals surface area contributed by atoms with Gasteiger partial charge in [-0.25, -0.2) is 0 Å². The zero-order chi connectivity index (χ0) is 32.9. The molecule has 2 aliphatic rings. The number of halogens is 6. The van der Waals surface area contributed by atoms with Crippen molar-refractivity contribution in [1.29, 1.82) is 0 Å². The largest absolute Gasteiger partial charge is 0.435 e. The Morgan fingerprint density at radius 3 is 1.85 bits per heavy atom. The molecule has 46 heavy (non-hydrogen) atoms. The van der Waals surface area contributed by atoms with Crippen LogP contribution in [0.5, 0.6) is 0 Å². The van der Waals surface area contributed by atoms with Crippen LogP contribution in [0.1, 0.15) is 40.3 Å². The molecule has 0 N–H and O–H groups in total. The molecule has 0 saturated carbocycles. The summed E-state index contributed by atoms with van der Waals surface area (Å²) < 4.78 is 74.3. The molecule has 1 unspecified atom stereocenters. The second-order valence-electron chi connectivity index (χ2n) is 11.4. The molecule has 1 atom stereocenters. The van der Waals surface area contributed by atoms with E-state index in [1.54, 1.807) is 24.3 Å². The lowest BCUT2D eigenvalue weighted by Gasteiger charge is -2.52. The summed E-state index contributed by atoms with van der Waals surface area (Å²) >= 11 is 18.1. The van der Waals surface area contributed by atoms with E-state index >= 15 is 0 Å². The highest BCUT2D eigenvalue weighted by Crippen LogP contribution is 2.51. The fourth-order valence-corrected chi connectivity index (χ4v) is 7.44. The van der Waals surface area contributed by atoms with Gasteiger partial charge in [0.2, 0.25) is 0 Å². The molecular formula is C33H26Cl3F3N2O4S. The van der Waals surface area contributed by atoms with E-state index < -0.39 is 33.9 Å². The van der Waals surface area contributed by atoms with E-state index in [4.69, 9.17) is 43.8 Å². The first-order chi connectivity index (χ1) is 21.7. The second kappa shape index (κ2) is 12.2. The van der Waals surface area contributed by atoms with Crippen LogP contribution in [0, 0.1) is 0 Å². The summed E-state index contributed by atoms with van der Waals surface area (Å²) in [4.78, 5) is 7.24. The molecule has 1 fully saturated rings. The van der Waals surface area contributed by atoms with E-state index in [0.717, 1.165) is 29.5 Å². The average molecular weight is 710 g/mol. The highest BCUT2D eigenvalue weighted by atomic mass is 35.5. The van der Waals surface area contributed by atoms with Crippen LogP contribution in [-0.4, -0.2) is 44.6 Å². The number of likely N-dealkylation sites (tertiary alicyclic amines) is 1. The fourth-order valence-electron chi connectivity index (χ4n) is 6.06. The number of hydrogen-bond acceptors (Lipinski definition) is 6. The van der Waals surface area contributed by atoms with Gasteiger partial charge in [0.1, 0.15) is 5.60 Å². The third-order valence-electron chi connectivity index (χ3n) is 8.20. The Bertz CT molecular complexity index is 1820. The fraction of sp³-hybridized carbons (Fsp3) is 0.242. The van der Waals surface area contributed by atoms with E-state index in [1.165, 1.54) is 0 Å². The molecule has 4 aromatic carbocycles. The summed E-state index contributed by atoms with van der Waals surface area (Å²) in [6, 6.07) is 28.1. The topological polar surface area (TPSA) is 68.2 Å². The van der Waals surface area contributed by atoms with Gasteiger partial charge >= 0.3 is 6.18 Å². The van der Waals surface area contributed by atoms with Crippen LogP contribution < -0.4 is 0 Å². The smallest absolute Gasteiger partial charge is 0.374 e. The Morgan fingerprint density at radius 2 is 1.37 bits per heavy atom. The Balaban J connectivity index is 1.29. The summed E-state index contributed by atoms with van der Waals surface area (Å²) in [7, 11) is -3.89. The third-order valence-corrected chi connectivity index (χ3v) is 10.0. The molecule has 0 aliphatic carbocycles. The first-order valence-corrected chi connectivity index (χ1v) is 17.0. The Kier molecular flexibility index (Phi) is 8.67. The predicted octanol–water partition coefficient (Wildman–Crippen LogP) is 8.51. The van der Waals surface area contributed by atoms with E-state index in [1.807, 2.05) is 60.7 Å². The zero-order valence-corrected chi connectivity index (χ0v) is 27.2. The number of alkyl halides is 3. The van der Waals surface area contributed by atoms with Crippen molar-refractivity contribution in [1.82, 2.24) is 4.90 Å². The van der Waals surface area contributed by atoms with Gasteiger partial charge in [0.15, 0.2) is 0 Å². The summed E-state index contributed by atoms with van der Waals surface area (Å²) in [5, 5.41) is 3.44. The number of hydrogen-bond donors (Lipinski definition) is 0. The Labute approximate surface area is 279 Å². The van der Waals surface area contributed by atoms with Crippen molar-refractivity contribution in [3.8, 4) is 0 Å². The third kappa shape index (κ3) is 6.14. The van der Waals surface area contributed by atoms with E-state index in [9.17, 15) is 21.6 Å². The second-order valence-corrected chi connectivity index (χ2v) is 14.1. The summed E-state index contributed by atoms with van der Waals surface area (Å²) in [5.74, 6) is 0. The Morgan fingerprint density at radius 1 is 0.848 bits per heavy atom. The molecular weight excluding hydrogens is 684 g/mol.